The van der Waals surface area contributed by atoms with E-state index in [1.165, 1.54) is 0 Å². The Morgan fingerprint density at radius 1 is 1.40 bits per heavy atom. The predicted octanol–water partition coefficient (Wildman–Crippen LogP) is 2.59. The van der Waals surface area contributed by atoms with Crippen molar-refractivity contribution in [1.29, 1.82) is 0 Å². The maximum atomic E-state index is 11.6. The summed E-state index contributed by atoms with van der Waals surface area (Å²) in [7, 11) is 0. The van der Waals surface area contributed by atoms with Crippen LogP contribution in [0.4, 0.5) is 4.79 Å². The summed E-state index contributed by atoms with van der Waals surface area (Å²) in [5.74, 6) is 1.10. The highest BCUT2D eigenvalue weighted by atomic mass is 35.5. The van der Waals surface area contributed by atoms with Crippen LogP contribution in [0.3, 0.4) is 0 Å². The molecule has 2 bridgehead atoms. The summed E-state index contributed by atoms with van der Waals surface area (Å²) in [6.07, 6.45) is 7.15. The number of amides is 1. The summed E-state index contributed by atoms with van der Waals surface area (Å²) in [6, 6.07) is -0.0422. The number of hydrogen-bond donors (Lipinski definition) is 1. The number of nitrogens with zero attached hydrogens (tertiary/aromatic N) is 4. The van der Waals surface area contributed by atoms with E-state index in [9.17, 15) is 9.90 Å². The van der Waals surface area contributed by atoms with E-state index in [2.05, 4.69) is 9.97 Å². The largest absolute Gasteiger partial charge is 0.465 e. The van der Waals surface area contributed by atoms with Gasteiger partial charge in [-0.2, -0.15) is 0 Å². The molecule has 0 aromatic carbocycles. The third-order valence-electron chi connectivity index (χ3n) is 4.51. The first-order valence-electron chi connectivity index (χ1n) is 6.65. The van der Waals surface area contributed by atoms with E-state index >= 15 is 0 Å². The van der Waals surface area contributed by atoms with E-state index in [-0.39, 0.29) is 12.1 Å². The van der Waals surface area contributed by atoms with Gasteiger partial charge in [-0.25, -0.2) is 14.8 Å². The van der Waals surface area contributed by atoms with Gasteiger partial charge in [0, 0.05) is 18.4 Å². The Morgan fingerprint density at radius 2 is 2.25 bits per heavy atom. The fourth-order valence-electron chi connectivity index (χ4n) is 3.73. The standard InChI is InChI=1S/C13H13ClN4O2/c14-11-9-6-16-12(17(9)4-3-15-11)10-7-1-2-8(5-7)18(10)13(19)20/h3-4,6-8,10H,1-2,5H2,(H,19,20)/t7-,8+,10-/m0/s1. The molecule has 1 saturated heterocycles. The van der Waals surface area contributed by atoms with Gasteiger partial charge in [0.15, 0.2) is 5.15 Å². The molecule has 1 aliphatic carbocycles. The van der Waals surface area contributed by atoms with Gasteiger partial charge in [-0.05, 0) is 25.2 Å². The van der Waals surface area contributed by atoms with Crippen LogP contribution in [-0.4, -0.2) is 36.5 Å². The van der Waals surface area contributed by atoms with Crippen molar-refractivity contribution in [2.24, 2.45) is 5.92 Å². The van der Waals surface area contributed by atoms with Crippen molar-refractivity contribution >= 4 is 23.2 Å². The minimum absolute atomic E-state index is 0.132. The van der Waals surface area contributed by atoms with Crippen LogP contribution in [0.15, 0.2) is 18.6 Å². The zero-order valence-electron chi connectivity index (χ0n) is 10.6. The number of fused-ring (bicyclic) bond motifs is 3. The van der Waals surface area contributed by atoms with E-state index in [4.69, 9.17) is 11.6 Å². The number of carboxylic acid groups (broad SMARTS) is 1. The molecule has 20 heavy (non-hydrogen) atoms. The van der Waals surface area contributed by atoms with Crippen LogP contribution >= 0.6 is 11.6 Å². The summed E-state index contributed by atoms with van der Waals surface area (Å²) >= 11 is 6.05. The van der Waals surface area contributed by atoms with Gasteiger partial charge < -0.3 is 5.11 Å². The van der Waals surface area contributed by atoms with Crippen LogP contribution in [0.25, 0.3) is 5.52 Å². The topological polar surface area (TPSA) is 70.7 Å². The molecule has 2 aliphatic rings. The van der Waals surface area contributed by atoms with Gasteiger partial charge in [0.25, 0.3) is 0 Å². The summed E-state index contributed by atoms with van der Waals surface area (Å²) < 4.78 is 1.86. The highest BCUT2D eigenvalue weighted by molar-refractivity contribution is 6.32. The Morgan fingerprint density at radius 3 is 3.05 bits per heavy atom. The second-order valence-electron chi connectivity index (χ2n) is 5.45. The Kier molecular flexibility index (Phi) is 2.44. The van der Waals surface area contributed by atoms with Gasteiger partial charge in [0.05, 0.1) is 12.2 Å². The molecular formula is C13H13ClN4O2. The second-order valence-corrected chi connectivity index (χ2v) is 5.81. The quantitative estimate of drug-likeness (QED) is 0.877. The summed E-state index contributed by atoms with van der Waals surface area (Å²) in [5, 5.41) is 9.87. The zero-order valence-corrected chi connectivity index (χ0v) is 11.4. The maximum absolute atomic E-state index is 11.6. The molecule has 6 nitrogen and oxygen atoms in total. The SMILES string of the molecule is O=C(O)N1[C@@H]2CC[C@@H](C2)[C@H]1c1ncc2c(Cl)nccn12. The predicted molar refractivity (Wildman–Crippen MR) is 71.7 cm³/mol. The molecule has 1 N–H and O–H groups in total. The summed E-state index contributed by atoms with van der Waals surface area (Å²) in [5.41, 5.74) is 0.720. The Bertz CT molecular complexity index is 701. The van der Waals surface area contributed by atoms with E-state index < -0.39 is 6.09 Å². The highest BCUT2D eigenvalue weighted by Crippen LogP contribution is 2.49. The van der Waals surface area contributed by atoms with E-state index in [0.717, 1.165) is 30.6 Å². The van der Waals surface area contributed by atoms with Crippen molar-refractivity contribution in [3.8, 4) is 0 Å². The van der Waals surface area contributed by atoms with Gasteiger partial charge >= 0.3 is 6.09 Å². The Hall–Kier alpha value is -1.82. The monoisotopic (exact) mass is 292 g/mol. The van der Waals surface area contributed by atoms with Gasteiger partial charge in [-0.3, -0.25) is 9.30 Å². The van der Waals surface area contributed by atoms with Gasteiger partial charge in [0.2, 0.25) is 0 Å². The summed E-state index contributed by atoms with van der Waals surface area (Å²) in [6.45, 7) is 0. The normalized spacial score (nSPS) is 28.4. The minimum Gasteiger partial charge on any atom is -0.465 e. The van der Waals surface area contributed by atoms with Crippen LogP contribution in [0.2, 0.25) is 5.15 Å². The van der Waals surface area contributed by atoms with Crippen LogP contribution in [0, 0.1) is 5.92 Å². The number of likely N-dealkylation sites (tertiary alicyclic amines) is 1. The first-order chi connectivity index (χ1) is 9.66. The van der Waals surface area contributed by atoms with Crippen molar-refractivity contribution in [2.45, 2.75) is 31.3 Å². The first kappa shape index (κ1) is 12.0. The number of imidazole rings is 1. The van der Waals surface area contributed by atoms with Gasteiger partial charge in [0.1, 0.15) is 11.3 Å². The van der Waals surface area contributed by atoms with Gasteiger partial charge in [-0.15, -0.1) is 0 Å². The lowest BCUT2D eigenvalue weighted by Gasteiger charge is -2.32. The molecule has 3 atom stereocenters. The molecule has 0 unspecified atom stereocenters. The van der Waals surface area contributed by atoms with E-state index in [0.29, 0.717) is 11.1 Å². The highest BCUT2D eigenvalue weighted by Gasteiger charge is 2.50. The Labute approximate surface area is 120 Å². The molecule has 104 valence electrons. The number of carbonyl (C=O) groups is 1. The minimum atomic E-state index is -0.862. The molecule has 1 saturated carbocycles. The van der Waals surface area contributed by atoms with Crippen molar-refractivity contribution in [1.82, 2.24) is 19.3 Å². The van der Waals surface area contributed by atoms with Crippen LogP contribution in [-0.2, 0) is 0 Å². The van der Waals surface area contributed by atoms with Crippen LogP contribution in [0.1, 0.15) is 31.1 Å². The van der Waals surface area contributed by atoms with E-state index in [1.54, 1.807) is 23.5 Å². The number of rotatable bonds is 1. The number of hydrogen-bond acceptors (Lipinski definition) is 3. The lowest BCUT2D eigenvalue weighted by Crippen LogP contribution is -2.39. The second kappa shape index (κ2) is 4.09. The number of piperidine rings is 1. The fourth-order valence-corrected chi connectivity index (χ4v) is 3.93. The smallest absolute Gasteiger partial charge is 0.408 e. The van der Waals surface area contributed by atoms with Crippen molar-refractivity contribution in [2.75, 3.05) is 0 Å². The third-order valence-corrected chi connectivity index (χ3v) is 4.80. The summed E-state index contributed by atoms with van der Waals surface area (Å²) in [4.78, 5) is 21.6. The molecule has 2 aromatic rings. The maximum Gasteiger partial charge on any atom is 0.408 e. The molecule has 4 rings (SSSR count). The lowest BCUT2D eigenvalue weighted by atomic mass is 9.98. The molecule has 1 amide bonds. The zero-order chi connectivity index (χ0) is 13.9. The Balaban J connectivity index is 1.86. The molecule has 7 heteroatoms. The molecule has 2 aromatic heterocycles. The van der Waals surface area contributed by atoms with Crippen molar-refractivity contribution in [3.63, 3.8) is 0 Å². The molecule has 1 aliphatic heterocycles. The number of aromatic nitrogens is 3. The molecule has 2 fully saturated rings. The fraction of sp³-hybridized carbons (Fsp3) is 0.462. The average Bonchev–Trinajstić information content (AvgIpc) is 3.11. The molecular weight excluding hydrogens is 280 g/mol. The van der Waals surface area contributed by atoms with Gasteiger partial charge in [-0.1, -0.05) is 11.6 Å². The first-order valence-corrected chi connectivity index (χ1v) is 7.03. The van der Waals surface area contributed by atoms with E-state index in [1.807, 2.05) is 4.40 Å². The average molecular weight is 293 g/mol. The van der Waals surface area contributed by atoms with Crippen molar-refractivity contribution < 1.29 is 9.90 Å². The molecule has 0 radical (unpaired) electrons. The van der Waals surface area contributed by atoms with Crippen LogP contribution < -0.4 is 0 Å². The van der Waals surface area contributed by atoms with Crippen LogP contribution in [0.5, 0.6) is 0 Å². The number of halogens is 1. The molecule has 0 spiro atoms. The third kappa shape index (κ3) is 1.48. The molecule has 3 heterocycles. The van der Waals surface area contributed by atoms with Crippen molar-refractivity contribution in [3.05, 3.63) is 29.6 Å². The lowest BCUT2D eigenvalue weighted by molar-refractivity contribution is 0.0987.